The Bertz CT molecular complexity index is 860. The molecule has 7 heteroatoms. The highest BCUT2D eigenvalue weighted by Crippen LogP contribution is 2.24. The highest BCUT2D eigenvalue weighted by molar-refractivity contribution is 7.99. The Morgan fingerprint density at radius 2 is 1.86 bits per heavy atom. The van der Waals surface area contributed by atoms with Crippen LogP contribution in [0.25, 0.3) is 0 Å². The van der Waals surface area contributed by atoms with Crippen molar-refractivity contribution < 1.29 is 9.59 Å². The molecule has 0 radical (unpaired) electrons. The zero-order valence-electron chi connectivity index (χ0n) is 16.9. The van der Waals surface area contributed by atoms with Crippen LogP contribution in [0.4, 0.5) is 0 Å². The molecule has 2 aromatic carbocycles. The van der Waals surface area contributed by atoms with Crippen LogP contribution in [0.1, 0.15) is 30.5 Å². The first-order valence-electron chi connectivity index (χ1n) is 9.46. The van der Waals surface area contributed by atoms with Crippen molar-refractivity contribution in [3.8, 4) is 0 Å². The van der Waals surface area contributed by atoms with Gasteiger partial charge in [0.1, 0.15) is 6.04 Å². The lowest BCUT2D eigenvalue weighted by Gasteiger charge is -2.28. The number of thioether (sulfide) groups is 1. The van der Waals surface area contributed by atoms with E-state index in [1.807, 2.05) is 25.1 Å². The van der Waals surface area contributed by atoms with Crippen molar-refractivity contribution in [2.45, 2.75) is 39.1 Å². The molecule has 1 N–H and O–H groups in total. The summed E-state index contributed by atoms with van der Waals surface area (Å²) in [4.78, 5) is 27.0. The molecule has 1 atom stereocenters. The lowest BCUT2D eigenvalue weighted by Crippen LogP contribution is -2.48. The lowest BCUT2D eigenvalue weighted by molar-refractivity contribution is -0.138. The highest BCUT2D eigenvalue weighted by Gasteiger charge is 2.25. The first kappa shape index (κ1) is 23.6. The number of amides is 2. The minimum absolute atomic E-state index is 0.0894. The van der Waals surface area contributed by atoms with Gasteiger partial charge in [-0.2, -0.15) is 0 Å². The minimum atomic E-state index is -0.587. The Labute approximate surface area is 187 Å². The van der Waals surface area contributed by atoms with Gasteiger partial charge in [-0.1, -0.05) is 53.5 Å². The van der Waals surface area contributed by atoms with E-state index >= 15 is 0 Å². The summed E-state index contributed by atoms with van der Waals surface area (Å²) in [6.45, 7) is 6.46. The average Bonchev–Trinajstić information content (AvgIpc) is 2.69. The number of benzene rings is 2. The monoisotopic (exact) mass is 452 g/mol. The molecule has 0 saturated heterocycles. The van der Waals surface area contributed by atoms with E-state index in [4.69, 9.17) is 23.2 Å². The van der Waals surface area contributed by atoms with E-state index in [-0.39, 0.29) is 11.8 Å². The molecule has 0 heterocycles. The number of carbonyl (C=O) groups is 2. The molecule has 2 rings (SSSR count). The van der Waals surface area contributed by atoms with E-state index < -0.39 is 6.04 Å². The van der Waals surface area contributed by atoms with Crippen LogP contribution in [-0.4, -0.2) is 35.1 Å². The first-order valence-corrected chi connectivity index (χ1v) is 11.4. The number of rotatable bonds is 9. The van der Waals surface area contributed by atoms with Gasteiger partial charge in [0.15, 0.2) is 0 Å². The van der Waals surface area contributed by atoms with Gasteiger partial charge in [-0.05, 0) is 49.6 Å². The van der Waals surface area contributed by atoms with Crippen LogP contribution in [0.5, 0.6) is 0 Å². The molecule has 2 amide bonds. The zero-order chi connectivity index (χ0) is 21.4. The van der Waals surface area contributed by atoms with E-state index in [1.54, 1.807) is 35.7 Å². The van der Waals surface area contributed by atoms with Crippen molar-refractivity contribution in [1.29, 1.82) is 0 Å². The van der Waals surface area contributed by atoms with Gasteiger partial charge in [0.05, 0.1) is 15.8 Å². The van der Waals surface area contributed by atoms with E-state index in [0.717, 1.165) is 11.3 Å². The van der Waals surface area contributed by atoms with Crippen LogP contribution in [0.2, 0.25) is 10.0 Å². The second-order valence-corrected chi connectivity index (χ2v) is 8.56. The standard InChI is InChI=1S/C22H26Cl2N2O2S/c1-4-25-22(28)16(3)26(12-17-9-10-19(23)20(24)11-17)21(27)14-29-13-18-8-6-5-7-15(18)2/h5-11,16H,4,12-14H2,1-3H3,(H,25,28)/t16-/m0/s1. The van der Waals surface area contributed by atoms with Crippen LogP contribution >= 0.6 is 35.0 Å². The third kappa shape index (κ3) is 6.95. The van der Waals surface area contributed by atoms with Crippen molar-refractivity contribution >= 4 is 46.8 Å². The molecule has 0 aliphatic heterocycles. The van der Waals surface area contributed by atoms with Crippen molar-refractivity contribution in [2.24, 2.45) is 0 Å². The van der Waals surface area contributed by atoms with Gasteiger partial charge in [0.25, 0.3) is 0 Å². The Morgan fingerprint density at radius 3 is 2.52 bits per heavy atom. The highest BCUT2D eigenvalue weighted by atomic mass is 35.5. The average molecular weight is 453 g/mol. The third-order valence-corrected chi connectivity index (χ3v) is 6.30. The Balaban J connectivity index is 2.10. The van der Waals surface area contributed by atoms with Crippen LogP contribution in [0.3, 0.4) is 0 Å². The van der Waals surface area contributed by atoms with E-state index in [2.05, 4.69) is 24.4 Å². The van der Waals surface area contributed by atoms with Crippen LogP contribution < -0.4 is 5.32 Å². The van der Waals surface area contributed by atoms with Crippen LogP contribution in [-0.2, 0) is 21.9 Å². The third-order valence-electron chi connectivity index (χ3n) is 4.60. The molecule has 0 aliphatic carbocycles. The second-order valence-electron chi connectivity index (χ2n) is 6.76. The Morgan fingerprint density at radius 1 is 1.14 bits per heavy atom. The lowest BCUT2D eigenvalue weighted by atomic mass is 10.1. The topological polar surface area (TPSA) is 49.4 Å². The zero-order valence-corrected chi connectivity index (χ0v) is 19.2. The van der Waals surface area contributed by atoms with Gasteiger partial charge in [-0.25, -0.2) is 0 Å². The molecule has 0 spiro atoms. The summed E-state index contributed by atoms with van der Waals surface area (Å²) in [5.41, 5.74) is 3.24. The molecular weight excluding hydrogens is 427 g/mol. The summed E-state index contributed by atoms with van der Waals surface area (Å²) < 4.78 is 0. The fourth-order valence-electron chi connectivity index (χ4n) is 2.84. The maximum Gasteiger partial charge on any atom is 0.242 e. The molecular formula is C22H26Cl2N2O2S. The van der Waals surface area contributed by atoms with E-state index in [0.29, 0.717) is 28.9 Å². The van der Waals surface area contributed by atoms with E-state index in [1.165, 1.54) is 11.1 Å². The summed E-state index contributed by atoms with van der Waals surface area (Å²) in [6, 6.07) is 12.8. The predicted molar refractivity (Wildman–Crippen MR) is 122 cm³/mol. The molecule has 0 aliphatic rings. The smallest absolute Gasteiger partial charge is 0.242 e. The molecule has 0 unspecified atom stereocenters. The maximum atomic E-state index is 13.0. The number of carbonyl (C=O) groups excluding carboxylic acids is 2. The minimum Gasteiger partial charge on any atom is -0.355 e. The van der Waals surface area contributed by atoms with Crippen LogP contribution in [0, 0.1) is 6.92 Å². The largest absolute Gasteiger partial charge is 0.355 e. The van der Waals surface area contributed by atoms with Gasteiger partial charge in [0, 0.05) is 18.8 Å². The molecule has 0 aromatic heterocycles. The normalized spacial score (nSPS) is 11.8. The Kier molecular flexibility index (Phi) is 9.34. The van der Waals surface area contributed by atoms with Gasteiger partial charge in [0.2, 0.25) is 11.8 Å². The predicted octanol–water partition coefficient (Wildman–Crippen LogP) is 5.09. The number of likely N-dealkylation sites (N-methyl/N-ethyl adjacent to an activating group) is 1. The SMILES string of the molecule is CCNC(=O)[C@H](C)N(Cc1ccc(Cl)c(Cl)c1)C(=O)CSCc1ccccc1C. The number of halogens is 2. The molecule has 29 heavy (non-hydrogen) atoms. The second kappa shape index (κ2) is 11.5. The van der Waals surface area contributed by atoms with Crippen molar-refractivity contribution in [1.82, 2.24) is 10.2 Å². The van der Waals surface area contributed by atoms with Crippen molar-refractivity contribution in [3.63, 3.8) is 0 Å². The number of nitrogens with one attached hydrogen (secondary N) is 1. The first-order chi connectivity index (χ1) is 13.8. The number of hydrogen-bond donors (Lipinski definition) is 1. The van der Waals surface area contributed by atoms with Crippen molar-refractivity contribution in [3.05, 3.63) is 69.2 Å². The summed E-state index contributed by atoms with van der Waals surface area (Å²) in [6.07, 6.45) is 0. The molecule has 156 valence electrons. The molecule has 2 aromatic rings. The summed E-state index contributed by atoms with van der Waals surface area (Å²) in [7, 11) is 0. The quantitative estimate of drug-likeness (QED) is 0.576. The number of nitrogens with zero attached hydrogens (tertiary/aromatic N) is 1. The maximum absolute atomic E-state index is 13.0. The van der Waals surface area contributed by atoms with Crippen molar-refractivity contribution in [2.75, 3.05) is 12.3 Å². The summed E-state index contributed by atoms with van der Waals surface area (Å²) in [5, 5.41) is 3.67. The van der Waals surface area contributed by atoms with Gasteiger partial charge < -0.3 is 10.2 Å². The van der Waals surface area contributed by atoms with E-state index in [9.17, 15) is 9.59 Å². The molecule has 0 saturated carbocycles. The van der Waals surface area contributed by atoms with Gasteiger partial charge in [-0.15, -0.1) is 11.8 Å². The number of hydrogen-bond acceptors (Lipinski definition) is 3. The molecule has 4 nitrogen and oxygen atoms in total. The molecule has 0 bridgehead atoms. The van der Waals surface area contributed by atoms with Gasteiger partial charge >= 0.3 is 0 Å². The summed E-state index contributed by atoms with van der Waals surface area (Å²) in [5.74, 6) is 0.770. The fourth-order valence-corrected chi connectivity index (χ4v) is 4.15. The summed E-state index contributed by atoms with van der Waals surface area (Å²) >= 11 is 13.7. The fraction of sp³-hybridized carbons (Fsp3) is 0.364. The number of aryl methyl sites for hydroxylation is 1. The Hall–Kier alpha value is -1.69. The molecule has 0 fully saturated rings. The van der Waals surface area contributed by atoms with Crippen LogP contribution in [0.15, 0.2) is 42.5 Å². The van der Waals surface area contributed by atoms with Gasteiger partial charge in [-0.3, -0.25) is 9.59 Å².